The van der Waals surface area contributed by atoms with Crippen LogP contribution in [0.2, 0.25) is 0 Å². The summed E-state index contributed by atoms with van der Waals surface area (Å²) in [6.07, 6.45) is 5.62. The maximum atomic E-state index is 12.6. The normalized spacial score (nSPS) is 17.3. The van der Waals surface area contributed by atoms with Crippen molar-refractivity contribution in [1.82, 2.24) is 19.8 Å². The van der Waals surface area contributed by atoms with Gasteiger partial charge in [0.2, 0.25) is 16.0 Å². The average molecular weight is 692 g/mol. The number of anilines is 6. The van der Waals surface area contributed by atoms with E-state index in [1.165, 1.54) is 24.5 Å². The summed E-state index contributed by atoms with van der Waals surface area (Å²) < 4.78 is 43.8. The molecular formula is C34H45N9O5S. The zero-order chi connectivity index (χ0) is 34.7. The van der Waals surface area contributed by atoms with E-state index in [1.54, 1.807) is 19.2 Å². The Morgan fingerprint density at radius 1 is 1.06 bits per heavy atom. The van der Waals surface area contributed by atoms with Gasteiger partial charge in [0.1, 0.15) is 36.3 Å². The van der Waals surface area contributed by atoms with Crippen molar-refractivity contribution in [2.24, 2.45) is 0 Å². The third-order valence-electron chi connectivity index (χ3n) is 9.54. The Labute approximate surface area is 288 Å². The van der Waals surface area contributed by atoms with Gasteiger partial charge in [-0.2, -0.15) is 10.2 Å². The summed E-state index contributed by atoms with van der Waals surface area (Å²) in [5.74, 6) is 1.79. The first-order valence-corrected chi connectivity index (χ1v) is 18.5. The summed E-state index contributed by atoms with van der Waals surface area (Å²) in [5.41, 5.74) is 3.83. The molecule has 0 bridgehead atoms. The van der Waals surface area contributed by atoms with E-state index in [1.807, 2.05) is 0 Å². The molecule has 0 saturated carbocycles. The van der Waals surface area contributed by atoms with Gasteiger partial charge in [-0.3, -0.25) is 9.21 Å². The van der Waals surface area contributed by atoms with Gasteiger partial charge in [-0.05, 0) is 50.1 Å². The molecule has 3 aliphatic rings. The molecular weight excluding hydrogens is 646 g/mol. The van der Waals surface area contributed by atoms with Gasteiger partial charge in [0, 0.05) is 64.1 Å². The molecule has 0 unspecified atom stereocenters. The van der Waals surface area contributed by atoms with E-state index in [-0.39, 0.29) is 35.4 Å². The SMILES string of the molecule is CCc1cc(Nc2ncc(C#N)c(Nc3ccc4c(c3N(C)S(C)(=O)=O)OCCO4)n2)c(OC)cc1N1CCC(N2CCN(C)CC2)CC1. The highest BCUT2D eigenvalue weighted by molar-refractivity contribution is 7.92. The lowest BCUT2D eigenvalue weighted by molar-refractivity contribution is 0.0982. The lowest BCUT2D eigenvalue weighted by atomic mass is 9.99. The highest BCUT2D eigenvalue weighted by Gasteiger charge is 2.29. The molecule has 0 aliphatic carbocycles. The zero-order valence-electron chi connectivity index (χ0n) is 28.8. The molecule has 0 atom stereocenters. The molecule has 4 heterocycles. The van der Waals surface area contributed by atoms with Crippen LogP contribution in [0.4, 0.5) is 34.5 Å². The molecule has 0 amide bonds. The molecule has 0 spiro atoms. The summed E-state index contributed by atoms with van der Waals surface area (Å²) >= 11 is 0. The van der Waals surface area contributed by atoms with Gasteiger partial charge in [-0.25, -0.2) is 13.4 Å². The summed E-state index contributed by atoms with van der Waals surface area (Å²) in [5, 5.41) is 16.4. The van der Waals surface area contributed by atoms with Crippen molar-refractivity contribution < 1.29 is 22.6 Å². The highest BCUT2D eigenvalue weighted by Crippen LogP contribution is 2.46. The standard InChI is InChI=1S/C34H45N9O5S/c1-6-23-19-27(30(46-4)20-28(23)43-11-9-25(10-12-43)42-15-13-40(2)14-16-42)38-34-36-22-24(21-35)33(39-34)37-26-7-8-29-32(48-18-17-47-29)31(26)41(3)49(5,44)45/h7-8,19-20,22,25H,6,9-18H2,1-5H3,(H2,36,37,38,39). The number of ether oxygens (including phenoxy) is 3. The van der Waals surface area contributed by atoms with Gasteiger partial charge < -0.3 is 34.6 Å². The minimum Gasteiger partial charge on any atom is -0.494 e. The van der Waals surface area contributed by atoms with Crippen LogP contribution in [0.3, 0.4) is 0 Å². The van der Waals surface area contributed by atoms with Crippen molar-refractivity contribution in [2.45, 2.75) is 32.2 Å². The number of rotatable bonds is 10. The molecule has 2 saturated heterocycles. The van der Waals surface area contributed by atoms with Crippen LogP contribution < -0.4 is 34.0 Å². The number of aromatic nitrogens is 2. The number of nitriles is 1. The molecule has 2 aromatic carbocycles. The van der Waals surface area contributed by atoms with E-state index in [4.69, 9.17) is 14.2 Å². The number of nitrogens with zero attached hydrogens (tertiary/aromatic N) is 7. The van der Waals surface area contributed by atoms with Gasteiger partial charge in [0.25, 0.3) is 0 Å². The molecule has 2 fully saturated rings. The van der Waals surface area contributed by atoms with Crippen molar-refractivity contribution in [3.8, 4) is 23.3 Å². The summed E-state index contributed by atoms with van der Waals surface area (Å²) in [7, 11) is 1.59. The van der Waals surface area contributed by atoms with Crippen LogP contribution >= 0.6 is 0 Å². The second kappa shape index (κ2) is 14.5. The van der Waals surface area contributed by atoms with Crippen molar-refractivity contribution in [1.29, 1.82) is 5.26 Å². The van der Waals surface area contributed by atoms with Crippen LogP contribution in [-0.4, -0.2) is 114 Å². The number of methoxy groups -OCH3 is 1. The Bertz CT molecular complexity index is 1820. The Kier molecular flexibility index (Phi) is 10.2. The minimum absolute atomic E-state index is 0.171. The van der Waals surface area contributed by atoms with Crippen molar-refractivity contribution in [3.05, 3.63) is 41.6 Å². The maximum absolute atomic E-state index is 12.6. The predicted molar refractivity (Wildman–Crippen MR) is 191 cm³/mol. The number of sulfonamides is 1. The van der Waals surface area contributed by atoms with E-state index in [2.05, 4.69) is 67.5 Å². The average Bonchev–Trinajstić information content (AvgIpc) is 3.11. The number of piperazine rings is 1. The first kappa shape index (κ1) is 34.3. The quantitative estimate of drug-likeness (QED) is 0.318. The molecule has 49 heavy (non-hydrogen) atoms. The number of fused-ring (bicyclic) bond motifs is 1. The van der Waals surface area contributed by atoms with Gasteiger partial charge in [-0.1, -0.05) is 6.92 Å². The van der Waals surface area contributed by atoms with Gasteiger partial charge in [-0.15, -0.1) is 0 Å². The monoisotopic (exact) mass is 691 g/mol. The zero-order valence-corrected chi connectivity index (χ0v) is 29.6. The number of aryl methyl sites for hydroxylation is 1. The van der Waals surface area contributed by atoms with E-state index < -0.39 is 10.0 Å². The van der Waals surface area contributed by atoms with Crippen LogP contribution in [0.15, 0.2) is 30.5 Å². The molecule has 3 aliphatic heterocycles. The van der Waals surface area contributed by atoms with Gasteiger partial charge >= 0.3 is 0 Å². The number of likely N-dealkylation sites (N-methyl/N-ethyl adjacent to an activating group) is 1. The van der Waals surface area contributed by atoms with Crippen molar-refractivity contribution >= 4 is 44.5 Å². The molecule has 14 nitrogen and oxygen atoms in total. The lowest BCUT2D eigenvalue weighted by Crippen LogP contribution is -2.52. The number of piperidine rings is 1. The van der Waals surface area contributed by atoms with Crippen LogP contribution in [0.1, 0.15) is 30.9 Å². The third kappa shape index (κ3) is 7.41. The Morgan fingerprint density at radius 3 is 2.47 bits per heavy atom. The molecule has 1 aromatic heterocycles. The molecule has 6 rings (SSSR count). The molecule has 262 valence electrons. The number of hydrogen-bond acceptors (Lipinski definition) is 13. The Balaban J connectivity index is 1.25. The van der Waals surface area contributed by atoms with Crippen molar-refractivity contribution in [2.75, 3.05) is 99.8 Å². The second-order valence-corrected chi connectivity index (χ2v) is 14.6. The molecule has 2 N–H and O–H groups in total. The van der Waals surface area contributed by atoms with E-state index in [0.29, 0.717) is 35.5 Å². The Morgan fingerprint density at radius 2 is 1.80 bits per heavy atom. The molecule has 3 aromatic rings. The van der Waals surface area contributed by atoms with Crippen LogP contribution in [0, 0.1) is 11.3 Å². The summed E-state index contributed by atoms with van der Waals surface area (Å²) in [6, 6.07) is 10.3. The smallest absolute Gasteiger partial charge is 0.232 e. The fraction of sp³-hybridized carbons (Fsp3) is 0.500. The number of benzene rings is 2. The first-order valence-electron chi connectivity index (χ1n) is 16.7. The Hall–Kier alpha value is -4.52. The summed E-state index contributed by atoms with van der Waals surface area (Å²) in [6.45, 7) is 9.28. The summed E-state index contributed by atoms with van der Waals surface area (Å²) in [4.78, 5) is 16.6. The van der Waals surface area contributed by atoms with Gasteiger partial charge in [0.05, 0.1) is 30.9 Å². The van der Waals surface area contributed by atoms with E-state index >= 15 is 0 Å². The maximum Gasteiger partial charge on any atom is 0.232 e. The first-order chi connectivity index (χ1) is 23.6. The van der Waals surface area contributed by atoms with Crippen molar-refractivity contribution in [3.63, 3.8) is 0 Å². The second-order valence-electron chi connectivity index (χ2n) is 12.6. The van der Waals surface area contributed by atoms with E-state index in [0.717, 1.165) is 69.1 Å². The van der Waals surface area contributed by atoms with E-state index in [9.17, 15) is 13.7 Å². The predicted octanol–water partition coefficient (Wildman–Crippen LogP) is 3.79. The van der Waals surface area contributed by atoms with Crippen LogP contribution in [0.5, 0.6) is 17.2 Å². The third-order valence-corrected chi connectivity index (χ3v) is 10.7. The minimum atomic E-state index is -3.68. The largest absolute Gasteiger partial charge is 0.494 e. The highest BCUT2D eigenvalue weighted by atomic mass is 32.2. The number of hydrogen-bond donors (Lipinski definition) is 2. The van der Waals surface area contributed by atoms with Crippen LogP contribution in [-0.2, 0) is 16.4 Å². The topological polar surface area (TPSA) is 148 Å². The lowest BCUT2D eigenvalue weighted by Gasteiger charge is -2.43. The van der Waals surface area contributed by atoms with Crippen LogP contribution in [0.25, 0.3) is 0 Å². The number of nitrogens with one attached hydrogen (secondary N) is 2. The van der Waals surface area contributed by atoms with Gasteiger partial charge in [0.15, 0.2) is 17.3 Å². The fourth-order valence-corrected chi connectivity index (χ4v) is 7.18. The molecule has 15 heteroatoms. The fourth-order valence-electron chi connectivity index (χ4n) is 6.66. The molecule has 0 radical (unpaired) electrons.